The van der Waals surface area contributed by atoms with Crippen molar-refractivity contribution in [3.8, 4) is 0 Å². The summed E-state index contributed by atoms with van der Waals surface area (Å²) in [5.41, 5.74) is 7.28. The lowest BCUT2D eigenvalue weighted by molar-refractivity contribution is 0.626. The molecule has 17 heavy (non-hydrogen) atoms. The van der Waals surface area contributed by atoms with E-state index in [9.17, 15) is 4.39 Å². The summed E-state index contributed by atoms with van der Waals surface area (Å²) < 4.78 is 12.7. The second kappa shape index (κ2) is 5.67. The molecule has 1 aromatic heterocycles. The van der Waals surface area contributed by atoms with Crippen LogP contribution in [0.4, 0.5) is 4.39 Å². The third-order valence-corrected chi connectivity index (χ3v) is 4.43. The van der Waals surface area contributed by atoms with Crippen molar-refractivity contribution < 1.29 is 4.39 Å². The van der Waals surface area contributed by atoms with Gasteiger partial charge in [-0.1, -0.05) is 0 Å². The topological polar surface area (TPSA) is 26.0 Å². The molecule has 0 aliphatic rings. The number of rotatable bonds is 4. The molecular weight excluding hydrogens is 253 g/mol. The van der Waals surface area contributed by atoms with Crippen LogP contribution < -0.4 is 5.73 Å². The fraction of sp³-hybridized carbons (Fsp3) is 0.231. The van der Waals surface area contributed by atoms with Gasteiger partial charge in [-0.25, -0.2) is 4.39 Å². The highest BCUT2D eigenvalue weighted by Gasteiger charge is 2.08. The van der Waals surface area contributed by atoms with Crippen molar-refractivity contribution in [2.45, 2.75) is 17.9 Å². The van der Waals surface area contributed by atoms with Crippen LogP contribution in [0.3, 0.4) is 0 Å². The minimum atomic E-state index is -0.202. The molecule has 0 fully saturated rings. The fourth-order valence-electron chi connectivity index (χ4n) is 1.47. The number of hydrogen-bond acceptors (Lipinski definition) is 3. The third kappa shape index (κ3) is 3.56. The number of hydrogen-bond donors (Lipinski definition) is 1. The molecule has 0 aliphatic heterocycles. The number of aryl methyl sites for hydroxylation is 1. The van der Waals surface area contributed by atoms with Gasteiger partial charge >= 0.3 is 0 Å². The van der Waals surface area contributed by atoms with Crippen molar-refractivity contribution in [2.24, 2.45) is 5.73 Å². The first-order chi connectivity index (χ1) is 8.15. The van der Waals surface area contributed by atoms with Gasteiger partial charge in [0.25, 0.3) is 0 Å². The second-order valence-corrected chi connectivity index (χ2v) is 6.07. The van der Waals surface area contributed by atoms with Crippen molar-refractivity contribution in [1.29, 1.82) is 0 Å². The maximum Gasteiger partial charge on any atom is 0.123 e. The van der Waals surface area contributed by atoms with Crippen LogP contribution in [-0.4, -0.2) is 5.75 Å². The largest absolute Gasteiger partial charge is 0.323 e. The normalized spacial score (nSPS) is 12.6. The van der Waals surface area contributed by atoms with Gasteiger partial charge in [-0.05, 0) is 48.2 Å². The van der Waals surface area contributed by atoms with E-state index in [4.69, 9.17) is 5.73 Å². The zero-order valence-electron chi connectivity index (χ0n) is 9.52. The summed E-state index contributed by atoms with van der Waals surface area (Å²) in [6, 6.07) is 8.68. The smallest absolute Gasteiger partial charge is 0.123 e. The second-order valence-electron chi connectivity index (χ2n) is 3.86. The van der Waals surface area contributed by atoms with Crippen molar-refractivity contribution in [1.82, 2.24) is 0 Å². The van der Waals surface area contributed by atoms with Gasteiger partial charge in [0.05, 0.1) is 0 Å². The molecule has 1 nitrogen and oxygen atoms in total. The Kier molecular flexibility index (Phi) is 4.20. The van der Waals surface area contributed by atoms with E-state index >= 15 is 0 Å². The summed E-state index contributed by atoms with van der Waals surface area (Å²) in [6.07, 6.45) is 0. The monoisotopic (exact) mass is 267 g/mol. The summed E-state index contributed by atoms with van der Waals surface area (Å²) in [5, 5.41) is 2.10. The molecule has 2 N–H and O–H groups in total. The van der Waals surface area contributed by atoms with Crippen molar-refractivity contribution in [3.63, 3.8) is 0 Å². The Hall–Kier alpha value is -0.840. The highest BCUT2D eigenvalue weighted by molar-refractivity contribution is 7.99. The first kappa shape index (κ1) is 12.6. The lowest BCUT2D eigenvalue weighted by Gasteiger charge is -2.09. The molecule has 0 saturated heterocycles. The van der Waals surface area contributed by atoms with Gasteiger partial charge < -0.3 is 5.73 Å². The Labute approximate surface area is 109 Å². The van der Waals surface area contributed by atoms with Gasteiger partial charge in [0.15, 0.2) is 0 Å². The van der Waals surface area contributed by atoms with Crippen LogP contribution in [0.1, 0.15) is 16.5 Å². The summed E-state index contributed by atoms with van der Waals surface area (Å²) in [4.78, 5) is 2.33. The van der Waals surface area contributed by atoms with Crippen LogP contribution in [0.2, 0.25) is 0 Å². The van der Waals surface area contributed by atoms with Crippen LogP contribution in [0, 0.1) is 12.7 Å². The molecule has 1 unspecified atom stereocenters. The predicted molar refractivity (Wildman–Crippen MR) is 73.1 cm³/mol. The fourth-order valence-corrected chi connectivity index (χ4v) is 3.13. The van der Waals surface area contributed by atoms with E-state index in [1.165, 1.54) is 22.6 Å². The molecule has 1 aromatic carbocycles. The zero-order chi connectivity index (χ0) is 12.3. The van der Waals surface area contributed by atoms with Gasteiger partial charge in [0, 0.05) is 21.6 Å². The molecule has 1 heterocycles. The van der Waals surface area contributed by atoms with E-state index in [1.54, 1.807) is 35.2 Å². The predicted octanol–water partition coefficient (Wildman–Crippen LogP) is 3.99. The first-order valence-electron chi connectivity index (χ1n) is 5.34. The van der Waals surface area contributed by atoms with Crippen LogP contribution in [0.15, 0.2) is 40.6 Å². The molecule has 90 valence electrons. The average Bonchev–Trinajstić information content (AvgIpc) is 2.75. The summed E-state index contributed by atoms with van der Waals surface area (Å²) in [6.45, 7) is 2.08. The van der Waals surface area contributed by atoms with E-state index in [2.05, 4.69) is 18.4 Å². The lowest BCUT2D eigenvalue weighted by Crippen LogP contribution is -2.11. The Morgan fingerprint density at radius 2 is 2.06 bits per heavy atom. The molecule has 2 aromatic rings. The molecule has 2 rings (SSSR count). The van der Waals surface area contributed by atoms with E-state index in [-0.39, 0.29) is 11.9 Å². The Morgan fingerprint density at radius 1 is 1.35 bits per heavy atom. The van der Waals surface area contributed by atoms with Gasteiger partial charge in [-0.3, -0.25) is 0 Å². The van der Waals surface area contributed by atoms with Crippen LogP contribution >= 0.6 is 23.1 Å². The summed E-state index contributed by atoms with van der Waals surface area (Å²) in [5.74, 6) is 0.606. The number of halogens is 1. The minimum Gasteiger partial charge on any atom is -0.323 e. The minimum absolute atomic E-state index is 0.0370. The van der Waals surface area contributed by atoms with Crippen LogP contribution in [0.25, 0.3) is 0 Å². The van der Waals surface area contributed by atoms with E-state index in [0.29, 0.717) is 0 Å². The molecule has 0 amide bonds. The standard InChI is InChI=1S/C13H14FNS2/c1-9-6-10(7-16-9)13(15)8-17-12-4-2-11(14)3-5-12/h2-7,13H,8,15H2,1H3. The molecule has 4 heteroatoms. The van der Waals surface area contributed by atoms with Crippen LogP contribution in [0.5, 0.6) is 0 Å². The molecule has 0 aliphatic carbocycles. The van der Waals surface area contributed by atoms with Crippen molar-refractivity contribution in [3.05, 3.63) is 52.0 Å². The van der Waals surface area contributed by atoms with E-state index in [0.717, 1.165) is 10.6 Å². The number of thiophene rings is 1. The molecule has 0 radical (unpaired) electrons. The number of benzene rings is 1. The maximum atomic E-state index is 12.7. The van der Waals surface area contributed by atoms with Crippen molar-refractivity contribution >= 4 is 23.1 Å². The molecule has 0 saturated carbocycles. The highest BCUT2D eigenvalue weighted by Crippen LogP contribution is 2.25. The molecule has 0 spiro atoms. The SMILES string of the molecule is Cc1cc(C(N)CSc2ccc(F)cc2)cs1. The number of nitrogens with two attached hydrogens (primary N) is 1. The molecule has 1 atom stereocenters. The number of thioether (sulfide) groups is 1. The third-order valence-electron chi connectivity index (χ3n) is 2.42. The van der Waals surface area contributed by atoms with E-state index in [1.807, 2.05) is 0 Å². The lowest BCUT2D eigenvalue weighted by atomic mass is 10.2. The highest BCUT2D eigenvalue weighted by atomic mass is 32.2. The maximum absolute atomic E-state index is 12.7. The van der Waals surface area contributed by atoms with Gasteiger partial charge in [0.2, 0.25) is 0 Å². The van der Waals surface area contributed by atoms with Crippen molar-refractivity contribution in [2.75, 3.05) is 5.75 Å². The molecular formula is C13H14FNS2. The summed E-state index contributed by atoms with van der Waals surface area (Å²) >= 11 is 3.37. The zero-order valence-corrected chi connectivity index (χ0v) is 11.2. The van der Waals surface area contributed by atoms with Gasteiger partial charge in [0.1, 0.15) is 5.82 Å². The Bertz CT molecular complexity index is 478. The quantitative estimate of drug-likeness (QED) is 0.848. The van der Waals surface area contributed by atoms with Crippen LogP contribution in [-0.2, 0) is 0 Å². The molecule has 0 bridgehead atoms. The first-order valence-corrected chi connectivity index (χ1v) is 7.20. The average molecular weight is 267 g/mol. The van der Waals surface area contributed by atoms with Gasteiger partial charge in [-0.2, -0.15) is 0 Å². The Balaban J connectivity index is 1.92. The van der Waals surface area contributed by atoms with E-state index < -0.39 is 0 Å². The van der Waals surface area contributed by atoms with Gasteiger partial charge in [-0.15, -0.1) is 23.1 Å². The Morgan fingerprint density at radius 3 is 2.65 bits per heavy atom. The summed E-state index contributed by atoms with van der Waals surface area (Å²) in [7, 11) is 0.